The van der Waals surface area contributed by atoms with Crippen LogP contribution < -0.4 is 0 Å². The van der Waals surface area contributed by atoms with Crippen molar-refractivity contribution in [2.45, 2.75) is 75.8 Å². The maximum atomic E-state index is 10.2. The molecule has 0 aliphatic heterocycles. The minimum atomic E-state index is -1.11. The Hall–Kier alpha value is -1.55. The van der Waals surface area contributed by atoms with E-state index in [0.29, 0.717) is 31.2 Å². The molecule has 0 bridgehead atoms. The van der Waals surface area contributed by atoms with Crippen molar-refractivity contribution in [3.8, 4) is 0 Å². The number of aromatic carboxylic acids is 1. The number of carbonyl (C=O) groups is 1. The van der Waals surface area contributed by atoms with Gasteiger partial charge in [-0.1, -0.05) is 31.0 Å². The van der Waals surface area contributed by atoms with Crippen LogP contribution in [0.25, 0.3) is 0 Å². The molecular formula is C19H28O8. The molecule has 0 spiro atoms. The first-order valence-corrected chi connectivity index (χ1v) is 9.35. The molecule has 27 heavy (non-hydrogen) atoms. The summed E-state index contributed by atoms with van der Waals surface area (Å²) in [4.78, 5) is 29.7. The first-order chi connectivity index (χ1) is 13.0. The highest BCUT2D eigenvalue weighted by Crippen LogP contribution is 2.37. The number of hydrogen-bond donors (Lipinski definition) is 3. The van der Waals surface area contributed by atoms with E-state index in [1.54, 1.807) is 30.3 Å². The van der Waals surface area contributed by atoms with Gasteiger partial charge in [-0.05, 0) is 37.8 Å². The van der Waals surface area contributed by atoms with Gasteiger partial charge in [0.25, 0.3) is 0 Å². The Labute approximate surface area is 158 Å². The van der Waals surface area contributed by atoms with E-state index in [0.717, 1.165) is 38.5 Å². The van der Waals surface area contributed by atoms with Crippen molar-refractivity contribution in [3.63, 3.8) is 0 Å². The summed E-state index contributed by atoms with van der Waals surface area (Å²) < 4.78 is 0. The molecule has 0 radical (unpaired) electrons. The average molecular weight is 384 g/mol. The van der Waals surface area contributed by atoms with E-state index in [4.69, 9.17) is 25.4 Å². The van der Waals surface area contributed by atoms with Crippen LogP contribution in [0.4, 0.5) is 0 Å². The predicted octanol–water partition coefficient (Wildman–Crippen LogP) is 4.62. The second kappa shape index (κ2) is 10.7. The zero-order valence-electron chi connectivity index (χ0n) is 15.3. The molecule has 152 valence electrons. The smallest absolute Gasteiger partial charge is 0.335 e. The van der Waals surface area contributed by atoms with Crippen molar-refractivity contribution in [1.82, 2.24) is 0 Å². The van der Waals surface area contributed by atoms with Gasteiger partial charge in [-0.3, -0.25) is 0 Å². The predicted molar refractivity (Wildman–Crippen MR) is 94.6 cm³/mol. The summed E-state index contributed by atoms with van der Waals surface area (Å²) in [6.45, 7) is 0. The van der Waals surface area contributed by atoms with Gasteiger partial charge in [-0.2, -0.15) is 9.78 Å². The van der Waals surface area contributed by atoms with E-state index < -0.39 is 17.5 Å². The van der Waals surface area contributed by atoms with Gasteiger partial charge < -0.3 is 5.11 Å². The normalized spacial score (nSPS) is 21.0. The summed E-state index contributed by atoms with van der Waals surface area (Å²) >= 11 is 0. The fraction of sp³-hybridized carbons (Fsp3) is 0.632. The van der Waals surface area contributed by atoms with Crippen LogP contribution in [0.3, 0.4) is 0 Å². The highest BCUT2D eigenvalue weighted by atomic mass is 17.3. The molecule has 1 aromatic carbocycles. The number of carboxylic acids is 1. The molecule has 0 aromatic heterocycles. The lowest BCUT2D eigenvalue weighted by molar-refractivity contribution is -0.577. The summed E-state index contributed by atoms with van der Waals surface area (Å²) in [6.07, 6.45) is 8.14. The molecule has 0 unspecified atom stereocenters. The average Bonchev–Trinajstić information content (AvgIpc) is 2.75. The van der Waals surface area contributed by atoms with Crippen molar-refractivity contribution < 1.29 is 40.0 Å². The van der Waals surface area contributed by atoms with Crippen LogP contribution in [0, 0.1) is 0 Å². The van der Waals surface area contributed by atoms with E-state index in [2.05, 4.69) is 9.78 Å². The fourth-order valence-corrected chi connectivity index (χ4v) is 3.29. The zero-order valence-corrected chi connectivity index (χ0v) is 15.3. The van der Waals surface area contributed by atoms with Crippen molar-refractivity contribution >= 4 is 5.97 Å². The monoisotopic (exact) mass is 384 g/mol. The van der Waals surface area contributed by atoms with E-state index in [-0.39, 0.29) is 0 Å². The molecule has 3 rings (SSSR count). The van der Waals surface area contributed by atoms with Crippen molar-refractivity contribution in [2.24, 2.45) is 0 Å². The van der Waals surface area contributed by atoms with E-state index in [9.17, 15) is 4.79 Å². The van der Waals surface area contributed by atoms with Crippen LogP contribution in [-0.2, 0) is 19.6 Å². The number of hydrogen-bond acceptors (Lipinski definition) is 7. The molecule has 8 heteroatoms. The Morgan fingerprint density at radius 3 is 1.44 bits per heavy atom. The molecule has 0 amide bonds. The summed E-state index contributed by atoms with van der Waals surface area (Å²) in [5.74, 6) is -3.10. The second-order valence-corrected chi connectivity index (χ2v) is 6.96. The van der Waals surface area contributed by atoms with E-state index in [1.165, 1.54) is 0 Å². The largest absolute Gasteiger partial charge is 0.478 e. The van der Waals surface area contributed by atoms with Crippen molar-refractivity contribution in [3.05, 3.63) is 35.9 Å². The molecule has 0 saturated heterocycles. The molecule has 2 saturated carbocycles. The van der Waals surface area contributed by atoms with Crippen LogP contribution in [0.15, 0.2) is 30.3 Å². The van der Waals surface area contributed by atoms with Gasteiger partial charge >= 0.3 is 5.97 Å². The molecule has 0 atom stereocenters. The van der Waals surface area contributed by atoms with Gasteiger partial charge in [0, 0.05) is 25.7 Å². The number of benzene rings is 1. The Kier molecular flexibility index (Phi) is 8.62. The Morgan fingerprint density at radius 1 is 0.741 bits per heavy atom. The minimum Gasteiger partial charge on any atom is -0.478 e. The van der Waals surface area contributed by atoms with Crippen molar-refractivity contribution in [2.75, 3.05) is 0 Å². The Balaban J connectivity index is 0.000000244. The maximum Gasteiger partial charge on any atom is 0.335 e. The minimum absolute atomic E-state index is 0.331. The third-order valence-electron chi connectivity index (χ3n) is 4.93. The molecule has 2 fully saturated rings. The van der Waals surface area contributed by atoms with Gasteiger partial charge in [0.2, 0.25) is 11.6 Å². The van der Waals surface area contributed by atoms with Crippen molar-refractivity contribution in [1.29, 1.82) is 0 Å². The van der Waals surface area contributed by atoms with Gasteiger partial charge in [0.05, 0.1) is 5.56 Å². The third-order valence-corrected chi connectivity index (χ3v) is 4.93. The molecule has 3 N–H and O–H groups in total. The maximum absolute atomic E-state index is 10.2. The third kappa shape index (κ3) is 6.53. The topological polar surface area (TPSA) is 115 Å². The quantitative estimate of drug-likeness (QED) is 0.370. The first kappa shape index (κ1) is 21.7. The van der Waals surface area contributed by atoms with Crippen LogP contribution in [-0.4, -0.2) is 33.2 Å². The lowest BCUT2D eigenvalue weighted by atomic mass is 9.94. The van der Waals surface area contributed by atoms with Gasteiger partial charge in [-0.25, -0.2) is 25.1 Å². The summed E-state index contributed by atoms with van der Waals surface area (Å²) in [6, 6.07) is 8.30. The number of carboxylic acid groups (broad SMARTS) is 1. The Bertz CT molecular complexity index is 524. The number of rotatable bonds is 6. The summed E-state index contributed by atoms with van der Waals surface area (Å²) in [5.41, 5.74) is 0.331. The summed E-state index contributed by atoms with van der Waals surface area (Å²) in [7, 11) is 0. The molecule has 2 aliphatic rings. The zero-order chi connectivity index (χ0) is 19.6. The first-order valence-electron chi connectivity index (χ1n) is 9.35. The van der Waals surface area contributed by atoms with Gasteiger partial charge in [0.15, 0.2) is 0 Å². The van der Waals surface area contributed by atoms with Gasteiger partial charge in [-0.15, -0.1) is 0 Å². The SMILES string of the molecule is O=C(O)c1ccccc1.OOC1(OOC2(OO)CCCCC2)CCCCC1. The summed E-state index contributed by atoms with van der Waals surface area (Å²) in [5, 5.41) is 26.4. The molecular weight excluding hydrogens is 356 g/mol. The Morgan fingerprint density at radius 2 is 1.15 bits per heavy atom. The molecule has 8 nitrogen and oxygen atoms in total. The standard InChI is InChI=1S/C12H22O6.C7H6O2/c13-15-11(7-3-1-4-8-11)17-18-12(16-14)9-5-2-6-10-12;8-7(9)6-4-2-1-3-5-6/h13-14H,1-10H2;1-5H,(H,8,9). The van der Waals surface area contributed by atoms with Crippen LogP contribution in [0.5, 0.6) is 0 Å². The van der Waals surface area contributed by atoms with Gasteiger partial charge in [0.1, 0.15) is 0 Å². The second-order valence-electron chi connectivity index (χ2n) is 6.96. The fourth-order valence-electron chi connectivity index (χ4n) is 3.29. The van der Waals surface area contributed by atoms with Crippen LogP contribution in [0.2, 0.25) is 0 Å². The van der Waals surface area contributed by atoms with E-state index >= 15 is 0 Å². The highest BCUT2D eigenvalue weighted by molar-refractivity contribution is 5.87. The molecule has 1 aromatic rings. The molecule has 2 aliphatic carbocycles. The lowest BCUT2D eigenvalue weighted by Gasteiger charge is -2.37. The van der Waals surface area contributed by atoms with Crippen LogP contribution in [0.1, 0.15) is 74.6 Å². The highest BCUT2D eigenvalue weighted by Gasteiger charge is 2.42. The lowest BCUT2D eigenvalue weighted by Crippen LogP contribution is -2.44. The van der Waals surface area contributed by atoms with Crippen LogP contribution >= 0.6 is 0 Å². The molecule has 0 heterocycles. The van der Waals surface area contributed by atoms with E-state index in [1.807, 2.05) is 0 Å².